The number of benzene rings is 2. The van der Waals surface area contributed by atoms with Crippen LogP contribution in [0.15, 0.2) is 86.1 Å². The summed E-state index contributed by atoms with van der Waals surface area (Å²) in [6.07, 6.45) is 2.07. The van der Waals surface area contributed by atoms with E-state index in [2.05, 4.69) is 55.7 Å². The molecule has 38 heavy (non-hydrogen) atoms. The van der Waals surface area contributed by atoms with Gasteiger partial charge in [-0.3, -0.25) is 9.59 Å². The summed E-state index contributed by atoms with van der Waals surface area (Å²) in [4.78, 5) is 25.6. The number of amides is 2. The Balaban J connectivity index is 1.28. The van der Waals surface area contributed by atoms with Gasteiger partial charge in [-0.25, -0.2) is 5.01 Å². The number of nitrogens with one attached hydrogen (secondary N) is 1. The lowest BCUT2D eigenvalue weighted by atomic mass is 9.98. The molecule has 0 saturated heterocycles. The van der Waals surface area contributed by atoms with Gasteiger partial charge in [0, 0.05) is 17.9 Å². The largest absolute Gasteiger partial charge is 0.459 e. The second-order valence-electron chi connectivity index (χ2n) is 8.83. The molecule has 2 aromatic carbocycles. The number of carbonyl (C=O) groups is 2. The van der Waals surface area contributed by atoms with Crippen LogP contribution in [0.25, 0.3) is 0 Å². The Kier molecular flexibility index (Phi) is 7.75. The molecule has 0 saturated carbocycles. The van der Waals surface area contributed by atoms with Crippen LogP contribution in [-0.4, -0.2) is 43.1 Å². The molecule has 2 amide bonds. The Hall–Kier alpha value is -3.70. The van der Waals surface area contributed by atoms with Gasteiger partial charge in [-0.1, -0.05) is 69.7 Å². The van der Waals surface area contributed by atoms with E-state index in [1.165, 1.54) is 18.0 Å². The van der Waals surface area contributed by atoms with E-state index in [-0.39, 0.29) is 35.9 Å². The van der Waals surface area contributed by atoms with E-state index in [0.29, 0.717) is 17.4 Å². The molecule has 4 aromatic rings. The number of hydrogen-bond donors (Lipinski definition) is 1. The van der Waals surface area contributed by atoms with Crippen molar-refractivity contribution in [1.29, 1.82) is 0 Å². The summed E-state index contributed by atoms with van der Waals surface area (Å²) in [5.41, 5.74) is 4.06. The highest BCUT2D eigenvalue weighted by molar-refractivity contribution is 9.10. The van der Waals surface area contributed by atoms with E-state index in [4.69, 9.17) is 9.52 Å². The van der Waals surface area contributed by atoms with Crippen LogP contribution < -0.4 is 5.32 Å². The summed E-state index contributed by atoms with van der Waals surface area (Å²) in [5.74, 6) is 0.476. The highest BCUT2D eigenvalue weighted by atomic mass is 79.9. The highest BCUT2D eigenvalue weighted by Crippen LogP contribution is 2.34. The van der Waals surface area contributed by atoms with Crippen molar-refractivity contribution in [3.63, 3.8) is 0 Å². The molecule has 1 N–H and O–H groups in total. The van der Waals surface area contributed by atoms with Crippen molar-refractivity contribution >= 4 is 45.2 Å². The van der Waals surface area contributed by atoms with Gasteiger partial charge >= 0.3 is 0 Å². The van der Waals surface area contributed by atoms with E-state index in [0.717, 1.165) is 26.9 Å². The normalized spacial score (nSPS) is 15.0. The number of hydrogen-bond acceptors (Lipinski definition) is 7. The Morgan fingerprint density at radius 2 is 1.87 bits per heavy atom. The van der Waals surface area contributed by atoms with Crippen molar-refractivity contribution in [2.45, 2.75) is 31.1 Å². The minimum atomic E-state index is -0.335. The third-order valence-electron chi connectivity index (χ3n) is 6.21. The Bertz CT molecular complexity index is 1470. The lowest BCUT2D eigenvalue weighted by Crippen LogP contribution is -2.28. The summed E-state index contributed by atoms with van der Waals surface area (Å²) in [6, 6.07) is 19.2. The van der Waals surface area contributed by atoms with Gasteiger partial charge in [-0.15, -0.1) is 10.2 Å². The van der Waals surface area contributed by atoms with Crippen molar-refractivity contribution in [2.75, 3.05) is 5.75 Å². The second kappa shape index (κ2) is 11.4. The van der Waals surface area contributed by atoms with Gasteiger partial charge in [0.05, 0.1) is 30.3 Å². The third kappa shape index (κ3) is 5.73. The zero-order valence-electron chi connectivity index (χ0n) is 20.8. The van der Waals surface area contributed by atoms with Gasteiger partial charge < -0.3 is 14.3 Å². The minimum Gasteiger partial charge on any atom is -0.459 e. The number of carbonyl (C=O) groups excluding carboxylic acids is 2. The second-order valence-corrected chi connectivity index (χ2v) is 10.7. The number of hydrazone groups is 1. The maximum atomic E-state index is 13.4. The smallest absolute Gasteiger partial charge is 0.287 e. The van der Waals surface area contributed by atoms with Crippen LogP contribution in [-0.2, 0) is 18.4 Å². The Morgan fingerprint density at radius 1 is 1.11 bits per heavy atom. The molecule has 9 nitrogen and oxygen atoms in total. The predicted octanol–water partition coefficient (Wildman–Crippen LogP) is 4.88. The van der Waals surface area contributed by atoms with Crippen LogP contribution in [0.1, 0.15) is 45.5 Å². The van der Waals surface area contributed by atoms with Crippen LogP contribution in [0.4, 0.5) is 0 Å². The molecule has 0 bridgehead atoms. The van der Waals surface area contributed by atoms with E-state index in [9.17, 15) is 9.59 Å². The van der Waals surface area contributed by atoms with Gasteiger partial charge in [0.25, 0.3) is 11.8 Å². The molecule has 2 aromatic heterocycles. The monoisotopic (exact) mass is 592 g/mol. The zero-order chi connectivity index (χ0) is 26.6. The first kappa shape index (κ1) is 25.9. The molecule has 0 radical (unpaired) electrons. The van der Waals surface area contributed by atoms with Crippen molar-refractivity contribution < 1.29 is 14.0 Å². The van der Waals surface area contributed by atoms with Gasteiger partial charge in [0.1, 0.15) is 0 Å². The van der Waals surface area contributed by atoms with Crippen LogP contribution in [0.5, 0.6) is 0 Å². The number of nitrogens with zero attached hydrogens (tertiary/aromatic N) is 5. The van der Waals surface area contributed by atoms with Crippen molar-refractivity contribution in [3.8, 4) is 0 Å². The molecule has 0 fully saturated rings. The van der Waals surface area contributed by atoms with Gasteiger partial charge in [0.15, 0.2) is 16.7 Å². The minimum absolute atomic E-state index is 0.122. The van der Waals surface area contributed by atoms with E-state index in [1.54, 1.807) is 28.8 Å². The number of halogens is 1. The third-order valence-corrected chi connectivity index (χ3v) is 7.74. The van der Waals surface area contributed by atoms with Gasteiger partial charge in [0.2, 0.25) is 0 Å². The van der Waals surface area contributed by atoms with Crippen molar-refractivity contribution in [3.05, 3.63) is 99.7 Å². The average Bonchev–Trinajstić information content (AvgIpc) is 3.68. The number of rotatable bonds is 8. The molecule has 1 aliphatic heterocycles. The molecule has 1 atom stereocenters. The van der Waals surface area contributed by atoms with Gasteiger partial charge in [-0.2, -0.15) is 5.10 Å². The Labute approximate surface area is 232 Å². The predicted molar refractivity (Wildman–Crippen MR) is 148 cm³/mol. The summed E-state index contributed by atoms with van der Waals surface area (Å²) < 4.78 is 7.86. The quantitative estimate of drug-likeness (QED) is 0.292. The standard InChI is InChI=1S/C27H25BrN6O3S/c1-17-5-7-19(8-6-17)22-14-21(18-9-11-20(28)12-10-18)32-34(22)25(35)16-38-27-31-30-24(33(27)2)15-29-26(36)23-4-3-13-37-23/h3-13,22H,14-16H2,1-2H3,(H,29,36)/t22-/m0/s1. The van der Waals surface area contributed by atoms with E-state index < -0.39 is 0 Å². The average molecular weight is 594 g/mol. The summed E-state index contributed by atoms with van der Waals surface area (Å²) in [6.45, 7) is 2.22. The molecule has 0 unspecified atom stereocenters. The highest BCUT2D eigenvalue weighted by Gasteiger charge is 2.33. The number of aromatic nitrogens is 3. The fourth-order valence-electron chi connectivity index (χ4n) is 4.08. The zero-order valence-corrected chi connectivity index (χ0v) is 23.2. The number of furan rings is 1. The number of thioether (sulfide) groups is 1. The SMILES string of the molecule is Cc1ccc([C@@H]2CC(c3ccc(Br)cc3)=NN2C(=O)CSc2nnc(CNC(=O)c3ccco3)n2C)cc1. The van der Waals surface area contributed by atoms with E-state index >= 15 is 0 Å². The first-order valence-corrected chi connectivity index (χ1v) is 13.7. The molecule has 11 heteroatoms. The molecule has 0 spiro atoms. The first-order valence-electron chi connectivity index (χ1n) is 11.9. The fraction of sp³-hybridized carbons (Fsp3) is 0.222. The summed E-state index contributed by atoms with van der Waals surface area (Å²) in [5, 5.41) is 18.0. The Morgan fingerprint density at radius 3 is 2.58 bits per heavy atom. The molecular weight excluding hydrogens is 568 g/mol. The van der Waals surface area contributed by atoms with Crippen LogP contribution in [0, 0.1) is 6.92 Å². The van der Waals surface area contributed by atoms with Crippen LogP contribution in [0.2, 0.25) is 0 Å². The van der Waals surface area contributed by atoms with Crippen molar-refractivity contribution in [2.24, 2.45) is 12.1 Å². The number of aryl methyl sites for hydroxylation is 1. The maximum Gasteiger partial charge on any atom is 0.287 e. The molecular formula is C27H25BrN6O3S. The topological polar surface area (TPSA) is 106 Å². The molecule has 5 rings (SSSR count). The fourth-order valence-corrected chi connectivity index (χ4v) is 5.12. The molecule has 3 heterocycles. The van der Waals surface area contributed by atoms with E-state index in [1.807, 2.05) is 31.2 Å². The summed E-state index contributed by atoms with van der Waals surface area (Å²) >= 11 is 4.76. The van der Waals surface area contributed by atoms with Gasteiger partial charge in [-0.05, 0) is 42.3 Å². The summed E-state index contributed by atoms with van der Waals surface area (Å²) in [7, 11) is 1.80. The van der Waals surface area contributed by atoms with Crippen LogP contribution in [0.3, 0.4) is 0 Å². The molecule has 0 aliphatic carbocycles. The lowest BCUT2D eigenvalue weighted by molar-refractivity contribution is -0.130. The lowest BCUT2D eigenvalue weighted by Gasteiger charge is -2.22. The molecule has 194 valence electrons. The first-order chi connectivity index (χ1) is 18.4. The molecule has 1 aliphatic rings. The maximum absolute atomic E-state index is 13.4. The van der Waals surface area contributed by atoms with Crippen LogP contribution >= 0.6 is 27.7 Å². The van der Waals surface area contributed by atoms with Crippen molar-refractivity contribution in [1.82, 2.24) is 25.1 Å².